The predicted molar refractivity (Wildman–Crippen MR) is 109 cm³/mol. The molecule has 0 aromatic rings. The molecule has 2 N–H and O–H groups in total. The highest BCUT2D eigenvalue weighted by Crippen LogP contribution is 2.08. The summed E-state index contributed by atoms with van der Waals surface area (Å²) in [5, 5.41) is 6.51. The molecule has 1 amide bonds. The van der Waals surface area contributed by atoms with E-state index in [4.69, 9.17) is 0 Å². The van der Waals surface area contributed by atoms with Crippen molar-refractivity contribution in [3.8, 4) is 0 Å². The van der Waals surface area contributed by atoms with Gasteiger partial charge in [-0.05, 0) is 32.1 Å². The fourth-order valence-corrected chi connectivity index (χ4v) is 2.61. The van der Waals surface area contributed by atoms with Gasteiger partial charge < -0.3 is 15.5 Å². The SMILES string of the molecule is CCNC(=NCCCCC(C)C)NCCC(=O)N1CCCC1.I. The molecule has 0 atom stereocenters. The summed E-state index contributed by atoms with van der Waals surface area (Å²) >= 11 is 0. The molecule has 1 heterocycles. The first-order valence-electron chi connectivity index (χ1n) is 8.93. The van der Waals surface area contributed by atoms with E-state index >= 15 is 0 Å². The van der Waals surface area contributed by atoms with Gasteiger partial charge in [0, 0.05) is 39.1 Å². The van der Waals surface area contributed by atoms with Crippen molar-refractivity contribution in [2.75, 3.05) is 32.7 Å². The van der Waals surface area contributed by atoms with Crippen molar-refractivity contribution in [2.24, 2.45) is 10.9 Å². The minimum Gasteiger partial charge on any atom is -0.357 e. The Morgan fingerprint density at radius 1 is 1.17 bits per heavy atom. The van der Waals surface area contributed by atoms with Gasteiger partial charge in [0.05, 0.1) is 0 Å². The van der Waals surface area contributed by atoms with E-state index in [2.05, 4.69) is 36.4 Å². The molecule has 0 unspecified atom stereocenters. The van der Waals surface area contributed by atoms with Gasteiger partial charge >= 0.3 is 0 Å². The number of carbonyl (C=O) groups is 1. The van der Waals surface area contributed by atoms with Gasteiger partial charge in [0.15, 0.2) is 5.96 Å². The summed E-state index contributed by atoms with van der Waals surface area (Å²) in [6.07, 6.45) is 6.48. The van der Waals surface area contributed by atoms with Crippen LogP contribution in [0.4, 0.5) is 0 Å². The minimum atomic E-state index is 0. The average molecular weight is 438 g/mol. The van der Waals surface area contributed by atoms with Crippen LogP contribution in [-0.2, 0) is 4.79 Å². The van der Waals surface area contributed by atoms with Crippen molar-refractivity contribution in [2.45, 2.75) is 59.3 Å². The second-order valence-electron chi connectivity index (χ2n) is 6.41. The van der Waals surface area contributed by atoms with E-state index in [9.17, 15) is 4.79 Å². The lowest BCUT2D eigenvalue weighted by Crippen LogP contribution is -2.39. The fourth-order valence-electron chi connectivity index (χ4n) is 2.61. The van der Waals surface area contributed by atoms with Gasteiger partial charge in [-0.1, -0.05) is 26.7 Å². The number of hydrogen-bond acceptors (Lipinski definition) is 2. The number of hydrogen-bond donors (Lipinski definition) is 2. The van der Waals surface area contributed by atoms with Crippen molar-refractivity contribution in [3.63, 3.8) is 0 Å². The summed E-state index contributed by atoms with van der Waals surface area (Å²) in [5.41, 5.74) is 0. The summed E-state index contributed by atoms with van der Waals surface area (Å²) < 4.78 is 0. The molecular formula is C17H35IN4O. The lowest BCUT2D eigenvalue weighted by Gasteiger charge is -2.16. The van der Waals surface area contributed by atoms with E-state index in [1.54, 1.807) is 0 Å². The first-order chi connectivity index (χ1) is 10.6. The molecule has 1 rings (SSSR count). The van der Waals surface area contributed by atoms with E-state index in [-0.39, 0.29) is 29.9 Å². The van der Waals surface area contributed by atoms with Crippen LogP contribution < -0.4 is 10.6 Å². The van der Waals surface area contributed by atoms with Crippen LogP contribution in [0.3, 0.4) is 0 Å². The summed E-state index contributed by atoms with van der Waals surface area (Å²) in [4.78, 5) is 18.5. The molecule has 0 saturated carbocycles. The molecular weight excluding hydrogens is 403 g/mol. The maximum atomic E-state index is 12.0. The molecule has 23 heavy (non-hydrogen) atoms. The van der Waals surface area contributed by atoms with Gasteiger partial charge in [-0.3, -0.25) is 9.79 Å². The summed E-state index contributed by atoms with van der Waals surface area (Å²) in [6, 6.07) is 0. The van der Waals surface area contributed by atoms with Crippen molar-refractivity contribution in [3.05, 3.63) is 0 Å². The number of guanidine groups is 1. The standard InChI is InChI=1S/C17H34N4O.HI/c1-4-18-17(19-11-6-5-9-15(2)3)20-12-10-16(22)21-13-7-8-14-21;/h15H,4-14H2,1-3H3,(H2,18,19,20);1H. The van der Waals surface area contributed by atoms with Gasteiger partial charge in [0.25, 0.3) is 0 Å². The normalized spacial score (nSPS) is 14.8. The van der Waals surface area contributed by atoms with Crippen molar-refractivity contribution < 1.29 is 4.79 Å². The van der Waals surface area contributed by atoms with Gasteiger partial charge in [-0.15, -0.1) is 24.0 Å². The average Bonchev–Trinajstić information content (AvgIpc) is 3.00. The Bertz CT molecular complexity index is 341. The lowest BCUT2D eigenvalue weighted by molar-refractivity contribution is -0.129. The third kappa shape index (κ3) is 10.8. The number of aliphatic imine (C=N–C) groups is 1. The molecule has 5 nitrogen and oxygen atoms in total. The number of likely N-dealkylation sites (tertiary alicyclic amines) is 1. The number of carbonyl (C=O) groups excluding carboxylic acids is 1. The molecule has 0 bridgehead atoms. The van der Waals surface area contributed by atoms with E-state index in [0.29, 0.717) is 13.0 Å². The Balaban J connectivity index is 0.00000484. The second-order valence-corrected chi connectivity index (χ2v) is 6.41. The van der Waals surface area contributed by atoms with E-state index in [1.807, 2.05) is 4.90 Å². The molecule has 1 aliphatic heterocycles. The summed E-state index contributed by atoms with van der Waals surface area (Å²) in [6.45, 7) is 10.8. The van der Waals surface area contributed by atoms with E-state index in [1.165, 1.54) is 12.8 Å². The maximum Gasteiger partial charge on any atom is 0.224 e. The number of unbranched alkanes of at least 4 members (excludes halogenated alkanes) is 1. The molecule has 0 radical (unpaired) electrons. The van der Waals surface area contributed by atoms with Crippen molar-refractivity contribution >= 4 is 35.8 Å². The summed E-state index contributed by atoms with van der Waals surface area (Å²) in [7, 11) is 0. The van der Waals surface area contributed by atoms with Gasteiger partial charge in [0.2, 0.25) is 5.91 Å². The fraction of sp³-hybridized carbons (Fsp3) is 0.882. The Hall–Kier alpha value is -0.530. The van der Waals surface area contributed by atoms with Crippen LogP contribution >= 0.6 is 24.0 Å². The molecule has 0 aromatic heterocycles. The number of halogens is 1. The molecule has 1 fully saturated rings. The number of nitrogens with zero attached hydrogens (tertiary/aromatic N) is 2. The molecule has 136 valence electrons. The monoisotopic (exact) mass is 438 g/mol. The van der Waals surface area contributed by atoms with E-state index in [0.717, 1.165) is 57.3 Å². The molecule has 6 heteroatoms. The zero-order valence-electron chi connectivity index (χ0n) is 15.1. The smallest absolute Gasteiger partial charge is 0.224 e. The third-order valence-corrected chi connectivity index (χ3v) is 3.89. The first kappa shape index (κ1) is 22.5. The summed E-state index contributed by atoms with van der Waals surface area (Å²) in [5.74, 6) is 1.87. The number of amides is 1. The van der Waals surface area contributed by atoms with Crippen molar-refractivity contribution in [1.29, 1.82) is 0 Å². The Morgan fingerprint density at radius 3 is 2.48 bits per heavy atom. The third-order valence-electron chi connectivity index (χ3n) is 3.89. The number of rotatable bonds is 9. The topological polar surface area (TPSA) is 56.7 Å². The predicted octanol–water partition coefficient (Wildman–Crippen LogP) is 3.00. The van der Waals surface area contributed by atoms with Crippen LogP contribution in [0.2, 0.25) is 0 Å². The quantitative estimate of drug-likeness (QED) is 0.252. The Labute approximate surface area is 159 Å². The van der Waals surface area contributed by atoms with Gasteiger partial charge in [-0.2, -0.15) is 0 Å². The van der Waals surface area contributed by atoms with Crippen LogP contribution in [0, 0.1) is 5.92 Å². The molecule has 0 spiro atoms. The molecule has 1 aliphatic rings. The first-order valence-corrected chi connectivity index (χ1v) is 8.93. The molecule has 1 saturated heterocycles. The van der Waals surface area contributed by atoms with Crippen LogP contribution in [0.15, 0.2) is 4.99 Å². The highest BCUT2D eigenvalue weighted by Gasteiger charge is 2.17. The zero-order chi connectivity index (χ0) is 16.2. The molecule has 0 aromatic carbocycles. The number of nitrogens with one attached hydrogen (secondary N) is 2. The Morgan fingerprint density at radius 2 is 1.87 bits per heavy atom. The minimum absolute atomic E-state index is 0. The second kappa shape index (κ2) is 13.9. The zero-order valence-corrected chi connectivity index (χ0v) is 17.4. The lowest BCUT2D eigenvalue weighted by atomic mass is 10.1. The Kier molecular flexibility index (Phi) is 13.5. The van der Waals surface area contributed by atoms with Crippen LogP contribution in [0.5, 0.6) is 0 Å². The van der Waals surface area contributed by atoms with Gasteiger partial charge in [-0.25, -0.2) is 0 Å². The van der Waals surface area contributed by atoms with Crippen molar-refractivity contribution in [1.82, 2.24) is 15.5 Å². The highest BCUT2D eigenvalue weighted by atomic mass is 127. The largest absolute Gasteiger partial charge is 0.357 e. The molecule has 0 aliphatic carbocycles. The maximum absolute atomic E-state index is 12.0. The highest BCUT2D eigenvalue weighted by molar-refractivity contribution is 14.0. The van der Waals surface area contributed by atoms with E-state index < -0.39 is 0 Å². The van der Waals surface area contributed by atoms with Crippen LogP contribution in [0.25, 0.3) is 0 Å². The van der Waals surface area contributed by atoms with Crippen LogP contribution in [0.1, 0.15) is 59.3 Å². The van der Waals surface area contributed by atoms with Crippen LogP contribution in [-0.4, -0.2) is 49.5 Å². The van der Waals surface area contributed by atoms with Gasteiger partial charge in [0.1, 0.15) is 0 Å².